The van der Waals surface area contributed by atoms with Crippen molar-refractivity contribution in [2.24, 2.45) is 7.05 Å². The third-order valence-electron chi connectivity index (χ3n) is 23.7. The first-order chi connectivity index (χ1) is 61.3. The largest absolute Gasteiger partial charge is 0.367 e. The van der Waals surface area contributed by atoms with Gasteiger partial charge in [0.1, 0.15) is 0 Å². The van der Waals surface area contributed by atoms with Gasteiger partial charge in [0, 0.05) is 200 Å². The monoisotopic (exact) mass is 1700 g/mol. The highest BCUT2D eigenvalue weighted by Crippen LogP contribution is 2.39. The van der Waals surface area contributed by atoms with Gasteiger partial charge < -0.3 is 56.4 Å². The summed E-state index contributed by atoms with van der Waals surface area (Å²) in [5.74, 6) is -0.0274. The molecule has 6 aliphatic rings. The van der Waals surface area contributed by atoms with Gasteiger partial charge in [0.05, 0.1) is 23.1 Å². The molecule has 1 fully saturated rings. The maximum Gasteiger partial charge on any atom is 0.221 e. The Labute approximate surface area is 743 Å². The minimum absolute atomic E-state index is 0.0243. The van der Waals surface area contributed by atoms with Crippen molar-refractivity contribution < 1.29 is 28.8 Å². The molecule has 6 aliphatic heterocycles. The number of anilines is 10. The predicted molar refractivity (Wildman–Crippen MR) is 511 cm³/mol. The van der Waals surface area contributed by atoms with Gasteiger partial charge in [-0.3, -0.25) is 43.6 Å². The number of fused-ring (bicyclic) bond motifs is 5. The van der Waals surface area contributed by atoms with Crippen LogP contribution in [0.15, 0.2) is 243 Å². The molecule has 23 heteroatoms. The summed E-state index contributed by atoms with van der Waals surface area (Å²) < 4.78 is 1.82. The topological polar surface area (TPSA) is 266 Å². The summed E-state index contributed by atoms with van der Waals surface area (Å²) >= 11 is 0. The number of nitrogens with zero attached hydrogens (tertiary/aromatic N) is 9. The second-order valence-corrected chi connectivity index (χ2v) is 34.7. The Kier molecular flexibility index (Phi) is 27.3. The molecule has 0 spiro atoms. The molecule has 1 atom stereocenters. The molecule has 6 amide bonds. The molecular weight excluding hydrogens is 1580 g/mol. The normalized spacial score (nSPS) is 14.2. The summed E-state index contributed by atoms with van der Waals surface area (Å²) in [7, 11) is 1.93. The molecule has 650 valence electrons. The summed E-state index contributed by atoms with van der Waals surface area (Å²) in [6.45, 7) is 25.9. The van der Waals surface area contributed by atoms with Crippen LogP contribution in [0.1, 0.15) is 147 Å². The second-order valence-electron chi connectivity index (χ2n) is 34.7. The van der Waals surface area contributed by atoms with E-state index in [1.807, 2.05) is 67.3 Å². The molecule has 0 saturated carbocycles. The zero-order valence-corrected chi connectivity index (χ0v) is 74.2. The lowest BCUT2D eigenvalue weighted by Gasteiger charge is -2.22. The molecule has 1 saturated heterocycles. The highest BCUT2D eigenvalue weighted by Gasteiger charge is 2.28. The first kappa shape index (κ1) is 87.5. The number of aromatic amines is 2. The molecule has 0 radical (unpaired) electrons. The highest BCUT2D eigenvalue weighted by molar-refractivity contribution is 5.92. The maximum absolute atomic E-state index is 11.4. The third-order valence-corrected chi connectivity index (χ3v) is 23.7. The number of hydrogen-bond acceptors (Lipinski definition) is 14. The molecule has 1 unspecified atom stereocenters. The van der Waals surface area contributed by atoms with Gasteiger partial charge in [-0.15, -0.1) is 0 Å². The lowest BCUT2D eigenvalue weighted by molar-refractivity contribution is -0.119. The first-order valence-corrected chi connectivity index (χ1v) is 43.8. The SMILES string of the molecule is CC(=O)Nc1ccc2c(c1)CCN2Cc1ccc(-c2cc(C)[nH]n2)cc1.CC(=O)Nc1ccc2c(c1)CCN2Cc1ccc(-c2ccn(C)n2)cc1.CC(=O)Nc1ccc2c(c1)CCN2Cc1ccc(-c2ccn[nH]2)cc1.CC(=O)Nc1ccc2c(c1)CCN2Cc1ccc(C(C)(C)C)cc1.CC(=O)Nc1ccc2c(c1)CCN2Cc1ccc(C2CCC(=O)N2)cc1. The lowest BCUT2D eigenvalue weighted by atomic mass is 9.87. The van der Waals surface area contributed by atoms with Crippen molar-refractivity contribution in [1.82, 2.24) is 35.5 Å². The molecule has 127 heavy (non-hydrogen) atoms. The Balaban J connectivity index is 0.000000122. The fourth-order valence-corrected chi connectivity index (χ4v) is 17.4. The van der Waals surface area contributed by atoms with Gasteiger partial charge in [0.25, 0.3) is 0 Å². The number of aromatic nitrogens is 6. The molecule has 0 aliphatic carbocycles. The van der Waals surface area contributed by atoms with Crippen molar-refractivity contribution in [3.8, 4) is 33.8 Å². The van der Waals surface area contributed by atoms with Crippen LogP contribution in [0.3, 0.4) is 0 Å². The zero-order chi connectivity index (χ0) is 88.8. The van der Waals surface area contributed by atoms with E-state index < -0.39 is 0 Å². The number of hydrogen-bond donors (Lipinski definition) is 8. The van der Waals surface area contributed by atoms with Crippen molar-refractivity contribution in [2.75, 3.05) is 83.8 Å². The van der Waals surface area contributed by atoms with Gasteiger partial charge in [-0.1, -0.05) is 142 Å². The van der Waals surface area contributed by atoms with Crippen LogP contribution < -0.4 is 56.4 Å². The predicted octanol–water partition coefficient (Wildman–Crippen LogP) is 18.8. The van der Waals surface area contributed by atoms with Gasteiger partial charge >= 0.3 is 0 Å². The van der Waals surface area contributed by atoms with Crippen LogP contribution in [-0.4, -0.2) is 98.3 Å². The van der Waals surface area contributed by atoms with E-state index in [2.05, 4.69) is 291 Å². The Morgan fingerprint density at radius 2 is 0.717 bits per heavy atom. The van der Waals surface area contributed by atoms with Crippen molar-refractivity contribution in [3.63, 3.8) is 0 Å². The molecular formula is C104H113N17O6. The molecule has 10 aromatic carbocycles. The molecule has 23 nitrogen and oxygen atoms in total. The average Bonchev–Trinajstić information content (AvgIpc) is 1.69. The number of amides is 6. The minimum atomic E-state index is -0.0432. The zero-order valence-electron chi connectivity index (χ0n) is 74.2. The van der Waals surface area contributed by atoms with Gasteiger partial charge in [-0.2, -0.15) is 15.3 Å². The fourth-order valence-electron chi connectivity index (χ4n) is 17.4. The van der Waals surface area contributed by atoms with Crippen molar-refractivity contribution in [3.05, 3.63) is 315 Å². The number of benzene rings is 10. The van der Waals surface area contributed by atoms with Gasteiger partial charge in [0.2, 0.25) is 35.4 Å². The Bertz CT molecular complexity index is 5920. The smallest absolute Gasteiger partial charge is 0.221 e. The Morgan fingerprint density at radius 1 is 0.386 bits per heavy atom. The van der Waals surface area contributed by atoms with Crippen molar-refractivity contribution in [1.29, 1.82) is 0 Å². The number of carbonyl (C=O) groups is 6. The number of rotatable bonds is 19. The third kappa shape index (κ3) is 23.0. The average molecular weight is 1700 g/mol. The van der Waals surface area contributed by atoms with E-state index in [1.54, 1.807) is 13.1 Å². The van der Waals surface area contributed by atoms with Gasteiger partial charge in [0.15, 0.2) is 0 Å². The highest BCUT2D eigenvalue weighted by atomic mass is 16.2. The fraction of sp³-hybridized carbons (Fsp3) is 0.279. The van der Waals surface area contributed by atoms with E-state index in [0.29, 0.717) is 6.42 Å². The Hall–Kier alpha value is -14.4. The van der Waals surface area contributed by atoms with E-state index in [-0.39, 0.29) is 46.9 Å². The van der Waals surface area contributed by atoms with Crippen LogP contribution in [0.25, 0.3) is 33.8 Å². The molecule has 13 aromatic rings. The summed E-state index contributed by atoms with van der Waals surface area (Å²) in [5, 5.41) is 36.0. The molecule has 0 bridgehead atoms. The van der Waals surface area contributed by atoms with E-state index in [4.69, 9.17) is 0 Å². The van der Waals surface area contributed by atoms with E-state index in [0.717, 1.165) is 172 Å². The first-order valence-electron chi connectivity index (χ1n) is 43.8. The van der Waals surface area contributed by atoms with E-state index >= 15 is 0 Å². The van der Waals surface area contributed by atoms with Crippen LogP contribution in [0.2, 0.25) is 0 Å². The Morgan fingerprint density at radius 3 is 1.00 bits per heavy atom. The minimum Gasteiger partial charge on any atom is -0.367 e. The molecule has 9 heterocycles. The second kappa shape index (κ2) is 39.7. The molecule has 8 N–H and O–H groups in total. The van der Waals surface area contributed by atoms with E-state index in [9.17, 15) is 28.8 Å². The van der Waals surface area contributed by atoms with Crippen molar-refractivity contribution in [2.45, 2.75) is 151 Å². The lowest BCUT2D eigenvalue weighted by Crippen LogP contribution is -2.20. The molecule has 19 rings (SSSR count). The van der Waals surface area contributed by atoms with Crippen molar-refractivity contribution >= 4 is 92.3 Å². The number of carbonyl (C=O) groups excluding carboxylic acids is 6. The molecule has 3 aromatic heterocycles. The van der Waals surface area contributed by atoms with Crippen LogP contribution in [0, 0.1) is 6.92 Å². The van der Waals surface area contributed by atoms with Crippen LogP contribution in [0.4, 0.5) is 56.9 Å². The standard InChI is InChI=1S/2C21H22N4O.C21H23N3O2.C21H26N2O.C20H20N4O/c1-15(26)22-19-7-8-21-18(13-19)9-12-25(21)14-16-3-5-17(6-4-16)20-10-11-24(2)23-20;1-14-11-20(24-23-14)17-5-3-16(4-6-17)13-25-10-9-18-12-19(22-15(2)26)7-8-21(18)25;1-14(25)22-18-6-8-20-17(12-18)10-11-24(20)13-15-2-4-16(5-3-15)19-7-9-21(26)23-19;1-15(24)22-19-9-10-20-17(13-19)11-12-23(20)14-16-5-7-18(8-6-16)21(2,3)4;1-14(25)22-18-6-7-20-17(12-18)9-11-24(20)13-15-2-4-16(5-3-15)19-8-10-21-23-19/h3-8,10-11,13H,9,12,14H2,1-2H3,(H,22,26);3-8,11-12H,9-10,13H2,1-2H3,(H,22,26)(H,23,24);2-6,8,12,19H,7,9-11,13H2,1H3,(H,22,25)(H,23,26);5-10,13H,11-12,14H2,1-4H3,(H,22,24);2-8,10,12H,9,11,13H2,1H3,(H,21,23)(H,22,25). The van der Waals surface area contributed by atoms with Gasteiger partial charge in [-0.05, 0) is 232 Å². The van der Waals surface area contributed by atoms with Crippen LogP contribution in [0.5, 0.6) is 0 Å². The summed E-state index contributed by atoms with van der Waals surface area (Å²) in [6, 6.07) is 80.4. The van der Waals surface area contributed by atoms with Gasteiger partial charge in [-0.25, -0.2) is 0 Å². The number of aryl methyl sites for hydroxylation is 2. The number of H-pyrrole nitrogens is 2. The van der Waals surface area contributed by atoms with Crippen LogP contribution >= 0.6 is 0 Å². The summed E-state index contributed by atoms with van der Waals surface area (Å²) in [5.41, 5.74) is 33.8. The summed E-state index contributed by atoms with van der Waals surface area (Å²) in [6.07, 6.45) is 10.3. The summed E-state index contributed by atoms with van der Waals surface area (Å²) in [4.78, 5) is 79.4. The van der Waals surface area contributed by atoms with E-state index in [1.165, 1.54) is 123 Å². The maximum atomic E-state index is 11.4. The number of nitrogens with one attached hydrogen (secondary N) is 8. The van der Waals surface area contributed by atoms with Crippen LogP contribution in [-0.2, 0) is 106 Å². The quantitative estimate of drug-likeness (QED) is 0.0374.